The molecule has 2 nitrogen and oxygen atoms in total. The molecule has 1 rings (SSSR count). The summed E-state index contributed by atoms with van der Waals surface area (Å²) in [6.45, 7) is 0. The van der Waals surface area contributed by atoms with Crippen LogP contribution in [0.2, 0.25) is 0 Å². The van der Waals surface area contributed by atoms with Crippen LogP contribution in [0.25, 0.3) is 0 Å². The van der Waals surface area contributed by atoms with Gasteiger partial charge in [-0.3, -0.25) is 4.98 Å². The maximum atomic E-state index is 12.5. The highest BCUT2D eigenvalue weighted by molar-refractivity contribution is 9.10. The molecule has 0 fully saturated rings. The lowest BCUT2D eigenvalue weighted by atomic mass is 10.1. The SMILES string of the molecule is N#CCc1c(C(F)F)ncc(C(F)(F)F)c1Br. The van der Waals surface area contributed by atoms with E-state index < -0.39 is 40.3 Å². The van der Waals surface area contributed by atoms with Crippen LogP contribution in [0.1, 0.15) is 23.2 Å². The summed E-state index contributed by atoms with van der Waals surface area (Å²) >= 11 is 2.59. The maximum Gasteiger partial charge on any atom is 0.418 e. The molecule has 0 aliphatic carbocycles. The first-order valence-electron chi connectivity index (χ1n) is 4.18. The van der Waals surface area contributed by atoms with Crippen LogP contribution in [0.15, 0.2) is 10.7 Å². The van der Waals surface area contributed by atoms with E-state index >= 15 is 0 Å². The number of nitrogens with zero attached hydrogens (tertiary/aromatic N) is 2. The third-order valence-electron chi connectivity index (χ3n) is 1.91. The number of pyridine rings is 1. The standard InChI is InChI=1S/C9H4BrF5N2/c10-6-4(1-2-16)7(8(11)12)17-3-5(6)9(13,14)15/h3,8H,1H2. The number of alkyl halides is 5. The van der Waals surface area contributed by atoms with Gasteiger partial charge in [-0.15, -0.1) is 0 Å². The smallest absolute Gasteiger partial charge is 0.254 e. The lowest BCUT2D eigenvalue weighted by molar-refractivity contribution is -0.138. The van der Waals surface area contributed by atoms with Gasteiger partial charge in [-0.05, 0) is 15.9 Å². The minimum absolute atomic E-state index is 0.326. The Balaban J connectivity index is 3.45. The Kier molecular flexibility index (Phi) is 4.03. The summed E-state index contributed by atoms with van der Waals surface area (Å²) in [5.41, 5.74) is -2.42. The summed E-state index contributed by atoms with van der Waals surface area (Å²) in [7, 11) is 0. The quantitative estimate of drug-likeness (QED) is 0.777. The van der Waals surface area contributed by atoms with E-state index in [1.165, 1.54) is 6.07 Å². The first kappa shape index (κ1) is 13.8. The Bertz CT molecular complexity index is 464. The zero-order chi connectivity index (χ0) is 13.2. The molecule has 0 bridgehead atoms. The van der Waals surface area contributed by atoms with Gasteiger partial charge < -0.3 is 0 Å². The van der Waals surface area contributed by atoms with Crippen molar-refractivity contribution in [1.29, 1.82) is 5.26 Å². The van der Waals surface area contributed by atoms with Crippen molar-refractivity contribution in [1.82, 2.24) is 4.98 Å². The van der Waals surface area contributed by atoms with Crippen molar-refractivity contribution < 1.29 is 22.0 Å². The van der Waals surface area contributed by atoms with Crippen LogP contribution < -0.4 is 0 Å². The van der Waals surface area contributed by atoms with Gasteiger partial charge in [-0.25, -0.2) is 8.78 Å². The third kappa shape index (κ3) is 2.91. The molecule has 0 atom stereocenters. The van der Waals surface area contributed by atoms with Crippen LogP contribution in [0.5, 0.6) is 0 Å². The van der Waals surface area contributed by atoms with E-state index in [1.54, 1.807) is 0 Å². The molecule has 0 saturated heterocycles. The highest BCUT2D eigenvalue weighted by atomic mass is 79.9. The minimum atomic E-state index is -4.71. The van der Waals surface area contributed by atoms with E-state index in [4.69, 9.17) is 5.26 Å². The van der Waals surface area contributed by atoms with Crippen LogP contribution >= 0.6 is 15.9 Å². The molecular weight excluding hydrogens is 311 g/mol. The molecule has 0 aliphatic rings. The zero-order valence-corrected chi connectivity index (χ0v) is 9.61. The number of nitriles is 1. The lowest BCUT2D eigenvalue weighted by Gasteiger charge is -2.13. The van der Waals surface area contributed by atoms with Crippen LogP contribution in [0, 0.1) is 11.3 Å². The third-order valence-corrected chi connectivity index (χ3v) is 2.82. The second-order valence-electron chi connectivity index (χ2n) is 2.98. The van der Waals surface area contributed by atoms with Crippen LogP contribution in [0.4, 0.5) is 22.0 Å². The van der Waals surface area contributed by atoms with Crippen molar-refractivity contribution in [3.05, 3.63) is 27.5 Å². The van der Waals surface area contributed by atoms with E-state index in [1.807, 2.05) is 0 Å². The number of hydrogen-bond acceptors (Lipinski definition) is 2. The molecule has 0 unspecified atom stereocenters. The van der Waals surface area contributed by atoms with Crippen molar-refractivity contribution in [2.24, 2.45) is 0 Å². The molecule has 0 radical (unpaired) electrons. The molecule has 0 aromatic carbocycles. The van der Waals surface area contributed by atoms with Crippen molar-refractivity contribution >= 4 is 15.9 Å². The molecule has 0 N–H and O–H groups in total. The lowest BCUT2D eigenvalue weighted by Crippen LogP contribution is -2.11. The molecule has 1 aromatic rings. The topological polar surface area (TPSA) is 36.7 Å². The fourth-order valence-corrected chi connectivity index (χ4v) is 1.85. The highest BCUT2D eigenvalue weighted by Crippen LogP contribution is 2.38. The fourth-order valence-electron chi connectivity index (χ4n) is 1.18. The summed E-state index contributed by atoms with van der Waals surface area (Å²) in [6.07, 6.45) is -7.99. The molecule has 0 aliphatic heterocycles. The summed E-state index contributed by atoms with van der Waals surface area (Å²) in [6, 6.07) is 1.53. The predicted molar refractivity (Wildman–Crippen MR) is 51.2 cm³/mol. The van der Waals surface area contributed by atoms with Gasteiger partial charge in [0.2, 0.25) is 0 Å². The first-order chi connectivity index (χ1) is 7.79. The molecule has 17 heavy (non-hydrogen) atoms. The molecular formula is C9H4BrF5N2. The van der Waals surface area contributed by atoms with Gasteiger partial charge in [0.1, 0.15) is 5.69 Å². The Morgan fingerprint density at radius 1 is 1.41 bits per heavy atom. The van der Waals surface area contributed by atoms with Crippen LogP contribution in [-0.2, 0) is 12.6 Å². The van der Waals surface area contributed by atoms with Crippen LogP contribution in [-0.4, -0.2) is 4.98 Å². The minimum Gasteiger partial charge on any atom is -0.254 e. The number of aromatic nitrogens is 1. The Morgan fingerprint density at radius 3 is 2.41 bits per heavy atom. The van der Waals surface area contributed by atoms with E-state index in [2.05, 4.69) is 20.9 Å². The number of rotatable bonds is 2. The second kappa shape index (κ2) is 4.96. The van der Waals surface area contributed by atoms with Gasteiger partial charge >= 0.3 is 6.18 Å². The monoisotopic (exact) mass is 314 g/mol. The van der Waals surface area contributed by atoms with E-state index in [0.717, 1.165) is 0 Å². The van der Waals surface area contributed by atoms with Gasteiger partial charge in [-0.2, -0.15) is 18.4 Å². The fraction of sp³-hybridized carbons (Fsp3) is 0.333. The summed E-state index contributed by atoms with van der Waals surface area (Å²) in [5, 5.41) is 8.42. The second-order valence-corrected chi connectivity index (χ2v) is 3.78. The van der Waals surface area contributed by atoms with Gasteiger partial charge in [0.05, 0.1) is 18.1 Å². The van der Waals surface area contributed by atoms with Gasteiger partial charge in [-0.1, -0.05) is 0 Å². The molecule has 0 spiro atoms. The summed E-state index contributed by atoms with van der Waals surface area (Å²) in [4.78, 5) is 3.07. The summed E-state index contributed by atoms with van der Waals surface area (Å²) < 4.78 is 61.8. The van der Waals surface area contributed by atoms with E-state index in [-0.39, 0.29) is 0 Å². The number of hydrogen-bond donors (Lipinski definition) is 0. The maximum absolute atomic E-state index is 12.5. The molecule has 0 amide bonds. The first-order valence-corrected chi connectivity index (χ1v) is 4.98. The Hall–Kier alpha value is -1.23. The average molecular weight is 315 g/mol. The molecule has 0 saturated carbocycles. The number of halogens is 6. The van der Waals surface area contributed by atoms with E-state index in [0.29, 0.717) is 6.20 Å². The zero-order valence-electron chi connectivity index (χ0n) is 8.02. The van der Waals surface area contributed by atoms with Gasteiger partial charge in [0.15, 0.2) is 0 Å². The van der Waals surface area contributed by atoms with Gasteiger partial charge in [0.25, 0.3) is 6.43 Å². The highest BCUT2D eigenvalue weighted by Gasteiger charge is 2.35. The Labute approximate surface area is 101 Å². The Morgan fingerprint density at radius 2 is 2.00 bits per heavy atom. The molecule has 8 heteroatoms. The van der Waals surface area contributed by atoms with Crippen molar-refractivity contribution in [2.45, 2.75) is 19.0 Å². The molecule has 1 aromatic heterocycles. The molecule has 1 heterocycles. The predicted octanol–water partition coefficient (Wildman–Crippen LogP) is 3.87. The summed E-state index contributed by atoms with van der Waals surface area (Å²) in [5.74, 6) is 0. The van der Waals surface area contributed by atoms with Crippen molar-refractivity contribution in [3.8, 4) is 6.07 Å². The van der Waals surface area contributed by atoms with E-state index in [9.17, 15) is 22.0 Å². The van der Waals surface area contributed by atoms with Crippen molar-refractivity contribution in [3.63, 3.8) is 0 Å². The van der Waals surface area contributed by atoms with Crippen molar-refractivity contribution in [2.75, 3.05) is 0 Å². The van der Waals surface area contributed by atoms with Gasteiger partial charge in [0, 0.05) is 16.2 Å². The average Bonchev–Trinajstić information content (AvgIpc) is 2.18. The van der Waals surface area contributed by atoms with Crippen LogP contribution in [0.3, 0.4) is 0 Å². The largest absolute Gasteiger partial charge is 0.418 e. The normalized spacial score (nSPS) is 11.6. The molecule has 92 valence electrons.